The quantitative estimate of drug-likeness (QED) is 0.741. The first-order chi connectivity index (χ1) is 9.31. The van der Waals surface area contributed by atoms with E-state index in [0.29, 0.717) is 17.5 Å². The minimum atomic E-state index is 0.266. The lowest BCUT2D eigenvalue weighted by Gasteiger charge is -1.97. The summed E-state index contributed by atoms with van der Waals surface area (Å²) in [7, 11) is 0. The van der Waals surface area contributed by atoms with Crippen LogP contribution in [0.1, 0.15) is 5.89 Å². The van der Waals surface area contributed by atoms with Crippen molar-refractivity contribution in [3.05, 3.63) is 47.7 Å². The van der Waals surface area contributed by atoms with Gasteiger partial charge in [-0.15, -0.1) is 23.1 Å². The highest BCUT2D eigenvalue weighted by atomic mass is 32.2. The van der Waals surface area contributed by atoms with Gasteiger partial charge in [-0.05, 0) is 35.7 Å². The molecule has 2 aromatic heterocycles. The van der Waals surface area contributed by atoms with Crippen LogP contribution in [0.4, 0.5) is 0 Å². The summed E-state index contributed by atoms with van der Waals surface area (Å²) in [6, 6.07) is 11.0. The van der Waals surface area contributed by atoms with Crippen molar-refractivity contribution in [1.82, 2.24) is 10.1 Å². The number of aromatic hydroxyl groups is 1. The topological polar surface area (TPSA) is 59.2 Å². The van der Waals surface area contributed by atoms with Crippen molar-refractivity contribution in [2.24, 2.45) is 0 Å². The van der Waals surface area contributed by atoms with Gasteiger partial charge in [0, 0.05) is 4.90 Å². The standard InChI is InChI=1S/C13H10N2O2S2/c16-9-3-5-10(6-4-9)19-8-12-14-13(15-17-12)11-2-1-7-18-11/h1-7,16H,8H2. The SMILES string of the molecule is Oc1ccc(SCc2nc(-c3cccs3)no2)cc1. The molecule has 0 fully saturated rings. The van der Waals surface area contributed by atoms with E-state index in [1.807, 2.05) is 29.6 Å². The molecular formula is C13H10N2O2S2. The van der Waals surface area contributed by atoms with Crippen molar-refractivity contribution >= 4 is 23.1 Å². The summed E-state index contributed by atoms with van der Waals surface area (Å²) in [4.78, 5) is 6.40. The lowest BCUT2D eigenvalue weighted by molar-refractivity contribution is 0.392. The normalized spacial score (nSPS) is 10.7. The molecule has 6 heteroatoms. The molecule has 0 saturated heterocycles. The number of aromatic nitrogens is 2. The van der Waals surface area contributed by atoms with Crippen LogP contribution < -0.4 is 0 Å². The highest BCUT2D eigenvalue weighted by Crippen LogP contribution is 2.26. The first kappa shape index (κ1) is 12.3. The average molecular weight is 290 g/mol. The Morgan fingerprint density at radius 2 is 2.05 bits per heavy atom. The fraction of sp³-hybridized carbons (Fsp3) is 0.0769. The molecule has 4 nitrogen and oxygen atoms in total. The molecule has 0 amide bonds. The average Bonchev–Trinajstić information content (AvgIpc) is 3.09. The number of hydrogen-bond acceptors (Lipinski definition) is 6. The van der Waals surface area contributed by atoms with E-state index in [4.69, 9.17) is 4.52 Å². The number of nitrogens with zero attached hydrogens (tertiary/aromatic N) is 2. The fourth-order valence-electron chi connectivity index (χ4n) is 1.51. The predicted molar refractivity (Wildman–Crippen MR) is 75.3 cm³/mol. The van der Waals surface area contributed by atoms with Crippen LogP contribution in [-0.2, 0) is 5.75 Å². The molecule has 0 aliphatic rings. The maximum absolute atomic E-state index is 9.20. The fourth-order valence-corrected chi connectivity index (χ4v) is 2.89. The summed E-state index contributed by atoms with van der Waals surface area (Å²) in [6.45, 7) is 0. The number of thioether (sulfide) groups is 1. The van der Waals surface area contributed by atoms with E-state index in [1.165, 1.54) is 0 Å². The van der Waals surface area contributed by atoms with Crippen molar-refractivity contribution < 1.29 is 9.63 Å². The van der Waals surface area contributed by atoms with Gasteiger partial charge in [-0.25, -0.2) is 0 Å². The third-order valence-corrected chi connectivity index (χ3v) is 4.27. The second-order valence-electron chi connectivity index (χ2n) is 3.77. The van der Waals surface area contributed by atoms with Crippen LogP contribution in [0.5, 0.6) is 5.75 Å². The zero-order chi connectivity index (χ0) is 13.1. The van der Waals surface area contributed by atoms with Gasteiger partial charge in [-0.1, -0.05) is 11.2 Å². The molecule has 0 aliphatic carbocycles. The van der Waals surface area contributed by atoms with Gasteiger partial charge in [0.25, 0.3) is 0 Å². The Labute approximate surface area is 118 Å². The van der Waals surface area contributed by atoms with Gasteiger partial charge in [0.15, 0.2) is 0 Å². The first-order valence-electron chi connectivity index (χ1n) is 5.59. The maximum atomic E-state index is 9.20. The molecule has 1 N–H and O–H groups in total. The molecular weight excluding hydrogens is 280 g/mol. The van der Waals surface area contributed by atoms with Crippen LogP contribution in [-0.4, -0.2) is 15.2 Å². The smallest absolute Gasteiger partial charge is 0.237 e. The van der Waals surface area contributed by atoms with E-state index < -0.39 is 0 Å². The molecule has 0 unspecified atom stereocenters. The lowest BCUT2D eigenvalue weighted by atomic mass is 10.3. The predicted octanol–water partition coefficient (Wildman–Crippen LogP) is 3.80. The molecule has 0 radical (unpaired) electrons. The number of hydrogen-bond donors (Lipinski definition) is 1. The Bertz CT molecular complexity index is 648. The first-order valence-corrected chi connectivity index (χ1v) is 7.46. The second-order valence-corrected chi connectivity index (χ2v) is 5.77. The molecule has 3 rings (SSSR count). The van der Waals surface area contributed by atoms with Gasteiger partial charge >= 0.3 is 0 Å². The van der Waals surface area contributed by atoms with Crippen LogP contribution in [0.3, 0.4) is 0 Å². The van der Waals surface area contributed by atoms with Crippen molar-refractivity contribution in [2.45, 2.75) is 10.6 Å². The number of benzene rings is 1. The van der Waals surface area contributed by atoms with Crippen LogP contribution in [0.15, 0.2) is 51.2 Å². The monoisotopic (exact) mass is 290 g/mol. The lowest BCUT2D eigenvalue weighted by Crippen LogP contribution is -1.81. The van der Waals surface area contributed by atoms with Gasteiger partial charge in [0.1, 0.15) is 5.75 Å². The van der Waals surface area contributed by atoms with Crippen molar-refractivity contribution in [1.29, 1.82) is 0 Å². The summed E-state index contributed by atoms with van der Waals surface area (Å²) in [5.74, 6) is 2.11. The Hall–Kier alpha value is -1.79. The zero-order valence-electron chi connectivity index (χ0n) is 9.81. The van der Waals surface area contributed by atoms with Crippen LogP contribution in [0.2, 0.25) is 0 Å². The third-order valence-electron chi connectivity index (χ3n) is 2.41. The van der Waals surface area contributed by atoms with E-state index in [-0.39, 0.29) is 5.75 Å². The molecule has 96 valence electrons. The Balaban J connectivity index is 1.66. The second kappa shape index (κ2) is 5.46. The summed E-state index contributed by atoms with van der Waals surface area (Å²) < 4.78 is 5.21. The van der Waals surface area contributed by atoms with Crippen LogP contribution in [0, 0.1) is 0 Å². The molecule has 19 heavy (non-hydrogen) atoms. The molecule has 0 spiro atoms. The molecule has 0 saturated carbocycles. The Morgan fingerprint density at radius 1 is 1.21 bits per heavy atom. The molecule has 3 aromatic rings. The van der Waals surface area contributed by atoms with Gasteiger partial charge in [-0.3, -0.25) is 0 Å². The van der Waals surface area contributed by atoms with Crippen molar-refractivity contribution in [3.8, 4) is 16.5 Å². The number of thiophene rings is 1. The van der Waals surface area contributed by atoms with E-state index in [2.05, 4.69) is 10.1 Å². The summed E-state index contributed by atoms with van der Waals surface area (Å²) >= 11 is 3.17. The van der Waals surface area contributed by atoms with E-state index in [1.54, 1.807) is 35.2 Å². The van der Waals surface area contributed by atoms with Crippen LogP contribution >= 0.6 is 23.1 Å². The molecule has 2 heterocycles. The number of rotatable bonds is 4. The number of phenols is 1. The van der Waals surface area contributed by atoms with Gasteiger partial charge < -0.3 is 9.63 Å². The minimum Gasteiger partial charge on any atom is -0.508 e. The highest BCUT2D eigenvalue weighted by molar-refractivity contribution is 7.98. The van der Waals surface area contributed by atoms with Crippen molar-refractivity contribution in [2.75, 3.05) is 0 Å². The largest absolute Gasteiger partial charge is 0.508 e. The zero-order valence-corrected chi connectivity index (χ0v) is 11.4. The molecule has 0 aliphatic heterocycles. The van der Waals surface area contributed by atoms with Crippen LogP contribution in [0.25, 0.3) is 10.7 Å². The number of phenolic OH excluding ortho intramolecular Hbond substituents is 1. The third kappa shape index (κ3) is 2.97. The van der Waals surface area contributed by atoms with Gasteiger partial charge in [0.05, 0.1) is 10.6 Å². The Morgan fingerprint density at radius 3 is 2.79 bits per heavy atom. The molecule has 0 bridgehead atoms. The summed E-state index contributed by atoms with van der Waals surface area (Å²) in [5, 5.41) is 15.1. The van der Waals surface area contributed by atoms with E-state index >= 15 is 0 Å². The molecule has 1 aromatic carbocycles. The summed E-state index contributed by atoms with van der Waals surface area (Å²) in [6.07, 6.45) is 0. The maximum Gasteiger partial charge on any atom is 0.237 e. The Kier molecular flexibility index (Phi) is 3.52. The van der Waals surface area contributed by atoms with E-state index in [0.717, 1.165) is 9.77 Å². The van der Waals surface area contributed by atoms with Gasteiger partial charge in [0.2, 0.25) is 11.7 Å². The minimum absolute atomic E-state index is 0.266. The summed E-state index contributed by atoms with van der Waals surface area (Å²) in [5.41, 5.74) is 0. The van der Waals surface area contributed by atoms with Gasteiger partial charge in [-0.2, -0.15) is 4.98 Å². The molecule has 0 atom stereocenters. The highest BCUT2D eigenvalue weighted by Gasteiger charge is 2.09. The van der Waals surface area contributed by atoms with Crippen molar-refractivity contribution in [3.63, 3.8) is 0 Å². The van der Waals surface area contributed by atoms with E-state index in [9.17, 15) is 5.11 Å².